The van der Waals surface area contributed by atoms with Crippen molar-refractivity contribution in [2.24, 2.45) is 0 Å². The zero-order valence-electron chi connectivity index (χ0n) is 7.85. The smallest absolute Gasteiger partial charge is 0.188 e. The number of nitrogens with zero attached hydrogens (tertiary/aromatic N) is 2. The van der Waals surface area contributed by atoms with E-state index in [2.05, 4.69) is 25.9 Å². The summed E-state index contributed by atoms with van der Waals surface area (Å²) in [5.74, 6) is 1.17. The van der Waals surface area contributed by atoms with Crippen LogP contribution in [0.1, 0.15) is 0 Å². The number of phenolic OH excluding ortho intramolecular Hbond substituents is 1. The van der Waals surface area contributed by atoms with Crippen LogP contribution in [0.3, 0.4) is 0 Å². The molecular weight excluding hydrogens is 276 g/mol. The fourth-order valence-electron chi connectivity index (χ4n) is 1.19. The van der Waals surface area contributed by atoms with E-state index >= 15 is 0 Å². The van der Waals surface area contributed by atoms with E-state index < -0.39 is 0 Å². The van der Waals surface area contributed by atoms with Crippen molar-refractivity contribution in [3.63, 3.8) is 0 Å². The van der Waals surface area contributed by atoms with Crippen molar-refractivity contribution in [1.29, 1.82) is 0 Å². The molecule has 15 heavy (non-hydrogen) atoms. The SMILES string of the molecule is Oc1ccc2cnc(SCCBr)nc2c1. The van der Waals surface area contributed by atoms with E-state index in [4.69, 9.17) is 0 Å². The van der Waals surface area contributed by atoms with Gasteiger partial charge >= 0.3 is 0 Å². The first-order valence-corrected chi connectivity index (χ1v) is 6.55. The Morgan fingerprint density at radius 3 is 3.07 bits per heavy atom. The van der Waals surface area contributed by atoms with E-state index in [0.29, 0.717) is 0 Å². The van der Waals surface area contributed by atoms with Crippen LogP contribution in [0.15, 0.2) is 29.6 Å². The molecule has 0 atom stereocenters. The Labute approximate surface area is 100 Å². The van der Waals surface area contributed by atoms with Gasteiger partial charge < -0.3 is 5.11 Å². The molecular formula is C10H9BrN2OS. The Morgan fingerprint density at radius 1 is 1.40 bits per heavy atom. The highest BCUT2D eigenvalue weighted by atomic mass is 79.9. The summed E-state index contributed by atoms with van der Waals surface area (Å²) in [5, 5.41) is 11.9. The standard InChI is InChI=1S/C10H9BrN2OS/c11-3-4-15-10-12-6-7-1-2-8(14)5-9(7)13-10/h1-2,5-6,14H,3-4H2. The molecule has 0 saturated heterocycles. The van der Waals surface area contributed by atoms with Crippen LogP contribution in [0.2, 0.25) is 0 Å². The third kappa shape index (κ3) is 2.60. The monoisotopic (exact) mass is 284 g/mol. The van der Waals surface area contributed by atoms with Gasteiger partial charge in [0.05, 0.1) is 5.52 Å². The lowest BCUT2D eigenvalue weighted by atomic mass is 10.2. The number of alkyl halides is 1. The second kappa shape index (κ2) is 4.81. The van der Waals surface area contributed by atoms with Crippen molar-refractivity contribution in [1.82, 2.24) is 9.97 Å². The maximum absolute atomic E-state index is 9.32. The van der Waals surface area contributed by atoms with Crippen molar-refractivity contribution >= 4 is 38.6 Å². The van der Waals surface area contributed by atoms with Crippen LogP contribution in [-0.2, 0) is 0 Å². The molecule has 2 rings (SSSR count). The Balaban J connectivity index is 2.36. The van der Waals surface area contributed by atoms with Gasteiger partial charge in [0.1, 0.15) is 5.75 Å². The van der Waals surface area contributed by atoms with Gasteiger partial charge in [-0.15, -0.1) is 0 Å². The molecule has 0 aliphatic heterocycles. The number of thioether (sulfide) groups is 1. The van der Waals surface area contributed by atoms with Crippen LogP contribution in [-0.4, -0.2) is 26.2 Å². The summed E-state index contributed by atoms with van der Waals surface area (Å²) in [5.41, 5.74) is 0.780. The Bertz CT molecular complexity index is 478. The minimum absolute atomic E-state index is 0.234. The van der Waals surface area contributed by atoms with Gasteiger partial charge in [-0.05, 0) is 12.1 Å². The van der Waals surface area contributed by atoms with Crippen molar-refractivity contribution < 1.29 is 5.11 Å². The third-order valence-electron chi connectivity index (χ3n) is 1.85. The number of halogens is 1. The van der Waals surface area contributed by atoms with E-state index in [-0.39, 0.29) is 5.75 Å². The van der Waals surface area contributed by atoms with Crippen molar-refractivity contribution in [2.45, 2.75) is 5.16 Å². The number of hydrogen-bond acceptors (Lipinski definition) is 4. The Morgan fingerprint density at radius 2 is 2.27 bits per heavy atom. The summed E-state index contributed by atoms with van der Waals surface area (Å²) in [6.07, 6.45) is 1.78. The number of fused-ring (bicyclic) bond motifs is 1. The van der Waals surface area contributed by atoms with Crippen LogP contribution in [0.4, 0.5) is 0 Å². The second-order valence-electron chi connectivity index (χ2n) is 2.93. The first-order chi connectivity index (χ1) is 7.29. The van der Waals surface area contributed by atoms with Gasteiger partial charge in [-0.2, -0.15) is 0 Å². The second-order valence-corrected chi connectivity index (χ2v) is 4.79. The molecule has 0 bridgehead atoms. The van der Waals surface area contributed by atoms with Crippen molar-refractivity contribution in [3.8, 4) is 5.75 Å². The minimum atomic E-state index is 0.234. The Hall–Kier alpha value is -0.810. The first kappa shape index (κ1) is 10.7. The number of aromatic hydroxyl groups is 1. The summed E-state index contributed by atoms with van der Waals surface area (Å²) >= 11 is 4.94. The van der Waals surface area contributed by atoms with Crippen LogP contribution < -0.4 is 0 Å². The summed E-state index contributed by atoms with van der Waals surface area (Å²) in [4.78, 5) is 8.57. The van der Waals surface area contributed by atoms with E-state index in [1.54, 1.807) is 30.1 Å². The molecule has 0 saturated carbocycles. The maximum Gasteiger partial charge on any atom is 0.188 e. The van der Waals surface area contributed by atoms with Gasteiger partial charge in [-0.3, -0.25) is 0 Å². The molecule has 0 amide bonds. The maximum atomic E-state index is 9.32. The number of rotatable bonds is 3. The van der Waals surface area contributed by atoms with Crippen LogP contribution in [0.5, 0.6) is 5.75 Å². The first-order valence-electron chi connectivity index (χ1n) is 4.44. The number of phenols is 1. The van der Waals surface area contributed by atoms with Gasteiger partial charge in [-0.25, -0.2) is 9.97 Å². The zero-order chi connectivity index (χ0) is 10.7. The zero-order valence-corrected chi connectivity index (χ0v) is 10.3. The lowest BCUT2D eigenvalue weighted by Gasteiger charge is -2.00. The highest BCUT2D eigenvalue weighted by molar-refractivity contribution is 9.09. The highest BCUT2D eigenvalue weighted by Gasteiger charge is 2.01. The number of hydrogen-bond donors (Lipinski definition) is 1. The fraction of sp³-hybridized carbons (Fsp3) is 0.200. The predicted molar refractivity (Wildman–Crippen MR) is 65.7 cm³/mol. The quantitative estimate of drug-likeness (QED) is 0.535. The van der Waals surface area contributed by atoms with Gasteiger partial charge in [0.15, 0.2) is 5.16 Å². The van der Waals surface area contributed by atoms with Gasteiger partial charge in [-0.1, -0.05) is 27.7 Å². The van der Waals surface area contributed by atoms with E-state index in [1.807, 2.05) is 6.07 Å². The molecule has 0 aliphatic carbocycles. The lowest BCUT2D eigenvalue weighted by Crippen LogP contribution is -1.89. The molecule has 1 N–H and O–H groups in total. The molecule has 0 radical (unpaired) electrons. The summed E-state index contributed by atoms with van der Waals surface area (Å²) in [7, 11) is 0. The predicted octanol–water partition coefficient (Wildman–Crippen LogP) is 2.82. The average Bonchev–Trinajstić information content (AvgIpc) is 2.25. The molecule has 0 fully saturated rings. The van der Waals surface area contributed by atoms with Crippen LogP contribution >= 0.6 is 27.7 Å². The minimum Gasteiger partial charge on any atom is -0.508 e. The molecule has 2 aromatic rings. The molecule has 0 unspecified atom stereocenters. The molecule has 3 nitrogen and oxygen atoms in total. The topological polar surface area (TPSA) is 46.0 Å². The van der Waals surface area contributed by atoms with Crippen molar-refractivity contribution in [2.75, 3.05) is 11.1 Å². The van der Waals surface area contributed by atoms with Crippen molar-refractivity contribution in [3.05, 3.63) is 24.4 Å². The normalized spacial score (nSPS) is 10.7. The molecule has 1 aromatic carbocycles. The fourth-order valence-corrected chi connectivity index (χ4v) is 2.23. The summed E-state index contributed by atoms with van der Waals surface area (Å²) in [6, 6.07) is 5.09. The van der Waals surface area contributed by atoms with Crippen LogP contribution in [0.25, 0.3) is 10.9 Å². The highest BCUT2D eigenvalue weighted by Crippen LogP contribution is 2.20. The molecule has 1 heterocycles. The summed E-state index contributed by atoms with van der Waals surface area (Å²) < 4.78 is 0. The molecule has 0 aliphatic rings. The van der Waals surface area contributed by atoms with E-state index in [0.717, 1.165) is 27.1 Å². The molecule has 5 heteroatoms. The molecule has 0 spiro atoms. The summed E-state index contributed by atoms with van der Waals surface area (Å²) in [6.45, 7) is 0. The Kier molecular flexibility index (Phi) is 3.43. The lowest BCUT2D eigenvalue weighted by molar-refractivity contribution is 0.476. The van der Waals surface area contributed by atoms with Gasteiger partial charge in [0.2, 0.25) is 0 Å². The largest absolute Gasteiger partial charge is 0.508 e. The van der Waals surface area contributed by atoms with Gasteiger partial charge in [0, 0.05) is 28.7 Å². The van der Waals surface area contributed by atoms with E-state index in [1.165, 1.54) is 0 Å². The third-order valence-corrected chi connectivity index (χ3v) is 3.64. The van der Waals surface area contributed by atoms with Gasteiger partial charge in [0.25, 0.3) is 0 Å². The number of benzene rings is 1. The van der Waals surface area contributed by atoms with Crippen LogP contribution in [0, 0.1) is 0 Å². The average molecular weight is 285 g/mol. The van der Waals surface area contributed by atoms with E-state index in [9.17, 15) is 5.11 Å². The molecule has 1 aromatic heterocycles. The molecule has 78 valence electrons. The number of aromatic nitrogens is 2.